The summed E-state index contributed by atoms with van der Waals surface area (Å²) in [6.07, 6.45) is 3.81. The lowest BCUT2D eigenvalue weighted by Gasteiger charge is -2.21. The van der Waals surface area contributed by atoms with E-state index in [1.807, 2.05) is 66.5 Å². The van der Waals surface area contributed by atoms with Gasteiger partial charge < -0.3 is 14.8 Å². The number of para-hydroxylation sites is 1. The van der Waals surface area contributed by atoms with Crippen LogP contribution in [0.5, 0.6) is 0 Å². The lowest BCUT2D eigenvalue weighted by molar-refractivity contribution is 0.0333. The molecule has 2 aromatic heterocycles. The average molecular weight is 311 g/mol. The third kappa shape index (κ3) is 3.70. The molecule has 2 N–H and O–H groups in total. The largest absolute Gasteiger partial charge is 0.463 e. The van der Waals surface area contributed by atoms with E-state index < -0.39 is 5.60 Å². The maximum atomic E-state index is 10.5. The van der Waals surface area contributed by atoms with Gasteiger partial charge in [-0.1, -0.05) is 18.2 Å². The quantitative estimate of drug-likeness (QED) is 0.735. The molecule has 1 atom stereocenters. The standard InChI is InChI=1S/C18H21N3O2/c1-14-8-9-17(23-14)18(2,22)13-19-10-15-11-20-21(12-15)16-6-4-3-5-7-16/h3-9,11-12,19,22H,10,13H2,1-2H3. The maximum Gasteiger partial charge on any atom is 0.136 e. The van der Waals surface area contributed by atoms with Crippen molar-refractivity contribution in [2.45, 2.75) is 26.0 Å². The molecule has 5 heteroatoms. The molecule has 3 rings (SSSR count). The third-order valence-electron chi connectivity index (χ3n) is 3.73. The first-order valence-electron chi connectivity index (χ1n) is 7.63. The number of aryl methyl sites for hydroxylation is 1. The van der Waals surface area contributed by atoms with Crippen molar-refractivity contribution >= 4 is 0 Å². The first-order chi connectivity index (χ1) is 11.0. The van der Waals surface area contributed by atoms with E-state index in [0.717, 1.165) is 17.0 Å². The minimum absolute atomic E-state index is 0.399. The Bertz CT molecular complexity index is 759. The van der Waals surface area contributed by atoms with E-state index in [4.69, 9.17) is 4.42 Å². The smallest absolute Gasteiger partial charge is 0.136 e. The van der Waals surface area contributed by atoms with Gasteiger partial charge in [0.2, 0.25) is 0 Å². The molecule has 0 saturated carbocycles. The van der Waals surface area contributed by atoms with Crippen molar-refractivity contribution in [2.75, 3.05) is 6.54 Å². The van der Waals surface area contributed by atoms with Crippen LogP contribution in [0.1, 0.15) is 24.0 Å². The Labute approximate surface area is 135 Å². The predicted molar refractivity (Wildman–Crippen MR) is 88.3 cm³/mol. The minimum Gasteiger partial charge on any atom is -0.463 e. The van der Waals surface area contributed by atoms with E-state index in [2.05, 4.69) is 10.4 Å². The van der Waals surface area contributed by atoms with Gasteiger partial charge in [-0.05, 0) is 38.1 Å². The van der Waals surface area contributed by atoms with E-state index >= 15 is 0 Å². The zero-order valence-corrected chi connectivity index (χ0v) is 13.4. The van der Waals surface area contributed by atoms with Gasteiger partial charge in [-0.15, -0.1) is 0 Å². The van der Waals surface area contributed by atoms with Crippen LogP contribution in [0.25, 0.3) is 5.69 Å². The molecule has 2 heterocycles. The van der Waals surface area contributed by atoms with Gasteiger partial charge >= 0.3 is 0 Å². The number of furan rings is 1. The number of nitrogens with one attached hydrogen (secondary N) is 1. The SMILES string of the molecule is Cc1ccc(C(C)(O)CNCc2cnn(-c3ccccc3)c2)o1. The molecule has 0 aliphatic carbocycles. The Morgan fingerprint density at radius 3 is 2.70 bits per heavy atom. The van der Waals surface area contributed by atoms with Crippen LogP contribution >= 0.6 is 0 Å². The molecule has 3 aromatic rings. The van der Waals surface area contributed by atoms with E-state index in [-0.39, 0.29) is 0 Å². The highest BCUT2D eigenvalue weighted by Gasteiger charge is 2.26. The van der Waals surface area contributed by atoms with E-state index in [1.54, 1.807) is 6.92 Å². The van der Waals surface area contributed by atoms with Gasteiger partial charge in [0.25, 0.3) is 0 Å². The Morgan fingerprint density at radius 2 is 2.00 bits per heavy atom. The molecule has 23 heavy (non-hydrogen) atoms. The van der Waals surface area contributed by atoms with Gasteiger partial charge in [-0.3, -0.25) is 0 Å². The average Bonchev–Trinajstić information content (AvgIpc) is 3.17. The Hall–Kier alpha value is -2.37. The number of hydrogen-bond acceptors (Lipinski definition) is 4. The second kappa shape index (κ2) is 6.40. The molecular weight excluding hydrogens is 290 g/mol. The van der Waals surface area contributed by atoms with Crippen LogP contribution < -0.4 is 5.32 Å². The van der Waals surface area contributed by atoms with E-state index in [1.165, 1.54) is 0 Å². The molecule has 0 fully saturated rings. The Kier molecular flexibility index (Phi) is 4.32. The van der Waals surface area contributed by atoms with E-state index in [9.17, 15) is 5.11 Å². The fraction of sp³-hybridized carbons (Fsp3) is 0.278. The van der Waals surface area contributed by atoms with E-state index in [0.29, 0.717) is 18.8 Å². The van der Waals surface area contributed by atoms with Gasteiger partial charge in [-0.25, -0.2) is 4.68 Å². The van der Waals surface area contributed by atoms with Gasteiger partial charge in [0, 0.05) is 24.8 Å². The highest BCUT2D eigenvalue weighted by Crippen LogP contribution is 2.22. The van der Waals surface area contributed by atoms with Crippen molar-refractivity contribution < 1.29 is 9.52 Å². The van der Waals surface area contributed by atoms with Gasteiger partial charge in [-0.2, -0.15) is 5.10 Å². The molecule has 0 amide bonds. The van der Waals surface area contributed by atoms with Crippen molar-refractivity contribution in [1.29, 1.82) is 0 Å². The third-order valence-corrected chi connectivity index (χ3v) is 3.73. The highest BCUT2D eigenvalue weighted by molar-refractivity contribution is 5.30. The summed E-state index contributed by atoms with van der Waals surface area (Å²) in [6, 6.07) is 13.6. The van der Waals surface area contributed by atoms with Gasteiger partial charge in [0.1, 0.15) is 17.1 Å². The maximum absolute atomic E-state index is 10.5. The van der Waals surface area contributed by atoms with Crippen LogP contribution in [0.3, 0.4) is 0 Å². The van der Waals surface area contributed by atoms with Crippen LogP contribution in [0.2, 0.25) is 0 Å². The fourth-order valence-electron chi connectivity index (χ4n) is 2.43. The molecule has 120 valence electrons. The number of hydrogen-bond donors (Lipinski definition) is 2. The normalized spacial score (nSPS) is 13.9. The van der Waals surface area contributed by atoms with Crippen LogP contribution in [-0.4, -0.2) is 21.4 Å². The molecular formula is C18H21N3O2. The number of aromatic nitrogens is 2. The molecule has 5 nitrogen and oxygen atoms in total. The zero-order chi connectivity index (χ0) is 16.3. The first kappa shape index (κ1) is 15.5. The second-order valence-electron chi connectivity index (χ2n) is 5.92. The summed E-state index contributed by atoms with van der Waals surface area (Å²) in [7, 11) is 0. The summed E-state index contributed by atoms with van der Waals surface area (Å²) >= 11 is 0. The number of benzene rings is 1. The number of aliphatic hydroxyl groups is 1. The van der Waals surface area contributed by atoms with Gasteiger partial charge in [0.05, 0.1) is 11.9 Å². The van der Waals surface area contributed by atoms with Crippen molar-refractivity contribution in [2.24, 2.45) is 0 Å². The Morgan fingerprint density at radius 1 is 1.22 bits per heavy atom. The van der Waals surface area contributed by atoms with Crippen molar-refractivity contribution in [3.05, 3.63) is 71.9 Å². The number of rotatable bonds is 6. The van der Waals surface area contributed by atoms with Crippen LogP contribution in [0.15, 0.2) is 59.3 Å². The lowest BCUT2D eigenvalue weighted by Crippen LogP contribution is -2.34. The minimum atomic E-state index is -1.04. The van der Waals surface area contributed by atoms with Crippen LogP contribution in [0, 0.1) is 6.92 Å². The molecule has 0 spiro atoms. The summed E-state index contributed by atoms with van der Waals surface area (Å²) < 4.78 is 7.34. The first-order valence-corrected chi connectivity index (χ1v) is 7.63. The summed E-state index contributed by atoms with van der Waals surface area (Å²) in [4.78, 5) is 0. The molecule has 1 aromatic carbocycles. The molecule has 0 aliphatic rings. The second-order valence-corrected chi connectivity index (χ2v) is 5.92. The summed E-state index contributed by atoms with van der Waals surface area (Å²) in [6.45, 7) is 4.63. The molecule has 0 radical (unpaired) electrons. The summed E-state index contributed by atoms with van der Waals surface area (Å²) in [5.74, 6) is 1.37. The van der Waals surface area contributed by atoms with Crippen molar-refractivity contribution in [3.8, 4) is 5.69 Å². The van der Waals surface area contributed by atoms with Crippen molar-refractivity contribution in [3.63, 3.8) is 0 Å². The number of nitrogens with zero attached hydrogens (tertiary/aromatic N) is 2. The summed E-state index contributed by atoms with van der Waals surface area (Å²) in [5, 5.41) is 18.1. The zero-order valence-electron chi connectivity index (χ0n) is 13.4. The molecule has 1 unspecified atom stereocenters. The topological polar surface area (TPSA) is 63.2 Å². The molecule has 0 saturated heterocycles. The predicted octanol–water partition coefficient (Wildman–Crippen LogP) is 2.77. The fourth-order valence-corrected chi connectivity index (χ4v) is 2.43. The molecule has 0 aliphatic heterocycles. The summed E-state index contributed by atoms with van der Waals surface area (Å²) in [5.41, 5.74) is 1.04. The van der Waals surface area contributed by atoms with Crippen LogP contribution in [0.4, 0.5) is 0 Å². The highest BCUT2D eigenvalue weighted by atomic mass is 16.4. The van der Waals surface area contributed by atoms with Crippen LogP contribution in [-0.2, 0) is 12.1 Å². The molecule has 0 bridgehead atoms. The lowest BCUT2D eigenvalue weighted by atomic mass is 10.0. The monoisotopic (exact) mass is 311 g/mol. The Balaban J connectivity index is 1.58. The van der Waals surface area contributed by atoms with Crippen molar-refractivity contribution in [1.82, 2.24) is 15.1 Å². The van der Waals surface area contributed by atoms with Gasteiger partial charge in [0.15, 0.2) is 0 Å².